The average Bonchev–Trinajstić information content (AvgIpc) is 2.39. The van der Waals surface area contributed by atoms with Gasteiger partial charge in [-0.3, -0.25) is 5.41 Å². The summed E-state index contributed by atoms with van der Waals surface area (Å²) in [6.07, 6.45) is 6.11. The summed E-state index contributed by atoms with van der Waals surface area (Å²) in [6, 6.07) is 4.76. The second kappa shape index (κ2) is 12.5. The number of nitrogens with zero attached hydrogens (tertiary/aromatic N) is 1. The first-order valence-electron chi connectivity index (χ1n) is 6.44. The molecule has 0 spiro atoms. The monoisotopic (exact) mass is 336 g/mol. The number of ether oxygens (including phenoxy) is 1. The molecular weight excluding hydrogens is 313 g/mol. The fourth-order valence-electron chi connectivity index (χ4n) is 1.10. The van der Waals surface area contributed by atoms with Crippen LogP contribution in [0.2, 0.25) is 0 Å². The Labute approximate surface area is 142 Å². The SMILES string of the molecule is CC.CC/C=C\C(=N)Oc1c[c-]c(C(C)C)cn1.[Y]. The molecule has 0 bridgehead atoms. The minimum absolute atomic E-state index is 0. The van der Waals surface area contributed by atoms with Crippen LogP contribution in [0.1, 0.15) is 52.5 Å². The van der Waals surface area contributed by atoms with Crippen LogP contribution in [0, 0.1) is 11.5 Å². The predicted octanol–water partition coefficient (Wildman–Crippen LogP) is 4.35. The Hall–Kier alpha value is -0.536. The zero-order chi connectivity index (χ0) is 14.0. The molecule has 103 valence electrons. The van der Waals surface area contributed by atoms with Crippen molar-refractivity contribution in [2.45, 2.75) is 47.0 Å². The average molecular weight is 336 g/mol. The maximum atomic E-state index is 7.50. The minimum Gasteiger partial charge on any atom is -0.484 e. The molecule has 1 N–H and O–H groups in total. The number of rotatable bonds is 4. The molecule has 0 saturated carbocycles. The Morgan fingerprint density at radius 1 is 1.47 bits per heavy atom. The van der Waals surface area contributed by atoms with Crippen molar-refractivity contribution >= 4 is 5.90 Å². The van der Waals surface area contributed by atoms with E-state index in [2.05, 4.69) is 24.9 Å². The van der Waals surface area contributed by atoms with E-state index in [1.165, 1.54) is 0 Å². The quantitative estimate of drug-likeness (QED) is 0.505. The van der Waals surface area contributed by atoms with Gasteiger partial charge in [0.15, 0.2) is 5.90 Å². The van der Waals surface area contributed by atoms with Crippen LogP contribution < -0.4 is 4.74 Å². The van der Waals surface area contributed by atoms with Gasteiger partial charge in [0.05, 0.1) is 0 Å². The summed E-state index contributed by atoms with van der Waals surface area (Å²) in [6.45, 7) is 10.2. The smallest absolute Gasteiger partial charge is 0.199 e. The van der Waals surface area contributed by atoms with Crippen molar-refractivity contribution in [1.82, 2.24) is 4.98 Å². The first-order chi connectivity index (χ1) is 8.63. The molecule has 0 amide bonds. The van der Waals surface area contributed by atoms with E-state index in [4.69, 9.17) is 10.1 Å². The fraction of sp³-hybridized carbons (Fsp3) is 0.467. The van der Waals surface area contributed by atoms with Crippen LogP contribution in [-0.4, -0.2) is 10.9 Å². The number of hydrogen-bond donors (Lipinski definition) is 1. The van der Waals surface area contributed by atoms with Crippen LogP contribution in [0.15, 0.2) is 24.4 Å². The standard InChI is InChI=1S/C13H17N2O.C2H6.Y/c1-4-5-6-12(14)16-13-8-7-11(9-15-13)10(2)3;1-2;/h5-6,8-10,14H,4H2,1-3H3;1-2H3;/q-1;;/b6-5-,14-12?;;. The molecule has 19 heavy (non-hydrogen) atoms. The number of allylic oxidation sites excluding steroid dienone is 1. The van der Waals surface area contributed by atoms with E-state index < -0.39 is 0 Å². The molecular formula is C15H23N2OY-. The molecule has 0 fully saturated rings. The second-order valence-corrected chi connectivity index (χ2v) is 3.77. The molecule has 0 saturated heterocycles. The number of hydrogen-bond acceptors (Lipinski definition) is 3. The summed E-state index contributed by atoms with van der Waals surface area (Å²) in [5, 5.41) is 7.50. The first kappa shape index (κ1) is 20.8. The summed E-state index contributed by atoms with van der Waals surface area (Å²) >= 11 is 0. The Morgan fingerprint density at radius 2 is 2.11 bits per heavy atom. The summed E-state index contributed by atoms with van der Waals surface area (Å²) < 4.78 is 5.21. The topological polar surface area (TPSA) is 46.0 Å². The normalized spacial score (nSPS) is 9.58. The molecule has 3 nitrogen and oxygen atoms in total. The molecule has 1 rings (SSSR count). The second-order valence-electron chi connectivity index (χ2n) is 3.77. The van der Waals surface area contributed by atoms with Gasteiger partial charge in [-0.1, -0.05) is 46.9 Å². The number of pyridine rings is 1. The van der Waals surface area contributed by atoms with Crippen LogP contribution in [0.4, 0.5) is 0 Å². The van der Waals surface area contributed by atoms with Crippen molar-refractivity contribution in [3.63, 3.8) is 0 Å². The van der Waals surface area contributed by atoms with Gasteiger partial charge in [-0.25, -0.2) is 0 Å². The van der Waals surface area contributed by atoms with Crippen molar-refractivity contribution in [2.75, 3.05) is 0 Å². The number of aromatic nitrogens is 1. The van der Waals surface area contributed by atoms with Crippen molar-refractivity contribution < 1.29 is 37.4 Å². The van der Waals surface area contributed by atoms with Crippen LogP contribution in [0.3, 0.4) is 0 Å². The van der Waals surface area contributed by atoms with Gasteiger partial charge >= 0.3 is 0 Å². The predicted molar refractivity (Wildman–Crippen MR) is 76.3 cm³/mol. The maximum Gasteiger partial charge on any atom is 0.199 e. The summed E-state index contributed by atoms with van der Waals surface area (Å²) in [5.41, 5.74) is 1.04. The molecule has 1 aromatic heterocycles. The van der Waals surface area contributed by atoms with Gasteiger partial charge < -0.3 is 9.72 Å². The third-order valence-corrected chi connectivity index (χ3v) is 2.03. The molecule has 1 heterocycles. The van der Waals surface area contributed by atoms with Crippen LogP contribution in [-0.2, 0) is 32.7 Å². The van der Waals surface area contributed by atoms with E-state index in [9.17, 15) is 0 Å². The fourth-order valence-corrected chi connectivity index (χ4v) is 1.10. The van der Waals surface area contributed by atoms with E-state index in [-0.39, 0.29) is 38.6 Å². The van der Waals surface area contributed by atoms with Crippen molar-refractivity contribution in [1.29, 1.82) is 5.41 Å². The molecule has 0 atom stereocenters. The van der Waals surface area contributed by atoms with Crippen molar-refractivity contribution in [3.05, 3.63) is 36.0 Å². The van der Waals surface area contributed by atoms with Crippen molar-refractivity contribution in [3.8, 4) is 5.88 Å². The summed E-state index contributed by atoms with van der Waals surface area (Å²) in [4.78, 5) is 4.12. The van der Waals surface area contributed by atoms with Crippen LogP contribution in [0.25, 0.3) is 0 Å². The largest absolute Gasteiger partial charge is 0.484 e. The van der Waals surface area contributed by atoms with E-state index in [1.54, 1.807) is 18.3 Å². The summed E-state index contributed by atoms with van der Waals surface area (Å²) in [5.74, 6) is 0.913. The van der Waals surface area contributed by atoms with Crippen molar-refractivity contribution in [2.24, 2.45) is 0 Å². The maximum absolute atomic E-state index is 7.50. The molecule has 1 radical (unpaired) electrons. The molecule has 0 unspecified atom stereocenters. The molecule has 0 aliphatic rings. The molecule has 0 aliphatic carbocycles. The minimum atomic E-state index is 0. The van der Waals surface area contributed by atoms with Gasteiger partial charge in [0.1, 0.15) is 5.88 Å². The third-order valence-electron chi connectivity index (χ3n) is 2.03. The third kappa shape index (κ3) is 9.06. The van der Waals surface area contributed by atoms with Gasteiger partial charge in [0.2, 0.25) is 0 Å². The first-order valence-corrected chi connectivity index (χ1v) is 6.44. The van der Waals surface area contributed by atoms with E-state index in [0.717, 1.165) is 12.0 Å². The zero-order valence-corrected chi connectivity index (χ0v) is 15.4. The van der Waals surface area contributed by atoms with Gasteiger partial charge in [0.25, 0.3) is 0 Å². The van der Waals surface area contributed by atoms with Gasteiger partial charge in [-0.15, -0.1) is 11.6 Å². The molecule has 4 heteroatoms. The molecule has 0 aromatic carbocycles. The molecule has 0 aliphatic heterocycles. The summed E-state index contributed by atoms with van der Waals surface area (Å²) in [7, 11) is 0. The van der Waals surface area contributed by atoms with Crippen LogP contribution in [0.5, 0.6) is 5.88 Å². The van der Waals surface area contributed by atoms with E-state index in [0.29, 0.717) is 11.8 Å². The van der Waals surface area contributed by atoms with Gasteiger partial charge in [-0.05, 0) is 18.4 Å². The Morgan fingerprint density at radius 3 is 2.53 bits per heavy atom. The Bertz CT molecular complexity index is 372. The zero-order valence-electron chi connectivity index (χ0n) is 12.5. The number of nitrogens with one attached hydrogen (secondary N) is 1. The Balaban J connectivity index is 0. The Kier molecular flexibility index (Phi) is 13.7. The van der Waals surface area contributed by atoms with E-state index >= 15 is 0 Å². The van der Waals surface area contributed by atoms with Gasteiger partial charge in [0, 0.05) is 32.7 Å². The molecule has 1 aromatic rings. The van der Waals surface area contributed by atoms with Crippen LogP contribution >= 0.6 is 0 Å². The van der Waals surface area contributed by atoms with Gasteiger partial charge in [-0.2, -0.15) is 6.07 Å². The van der Waals surface area contributed by atoms with E-state index in [1.807, 2.05) is 26.8 Å².